The Hall–Kier alpha value is -2.83. The van der Waals surface area contributed by atoms with Crippen molar-refractivity contribution < 1.29 is 9.53 Å². The molecule has 1 N–H and O–H groups in total. The molecule has 0 radical (unpaired) electrons. The molecule has 0 spiro atoms. The second-order valence-electron chi connectivity index (χ2n) is 6.83. The Labute approximate surface area is 152 Å². The molecule has 4 rings (SSSR count). The number of nitrogens with one attached hydrogen (secondary N) is 1. The third kappa shape index (κ3) is 3.05. The first-order chi connectivity index (χ1) is 12.7. The van der Waals surface area contributed by atoms with Crippen molar-refractivity contribution in [3.8, 4) is 5.75 Å². The molecule has 7 heteroatoms. The zero-order chi connectivity index (χ0) is 18.1. The van der Waals surface area contributed by atoms with Gasteiger partial charge in [-0.15, -0.1) is 10.2 Å². The summed E-state index contributed by atoms with van der Waals surface area (Å²) in [5, 5.41) is 9.08. The van der Waals surface area contributed by atoms with E-state index in [-0.39, 0.29) is 11.9 Å². The number of hydrogen-bond acceptors (Lipinski definition) is 4. The number of amides is 1. The number of likely N-dealkylation sites (tertiary alicyclic amines) is 1. The summed E-state index contributed by atoms with van der Waals surface area (Å²) in [6.45, 7) is 0.807. The number of aromatic amines is 1. The number of hydrogen-bond donors (Lipinski definition) is 1. The molecule has 1 aromatic carbocycles. The molecule has 136 valence electrons. The fourth-order valence-electron chi connectivity index (χ4n) is 3.74. The largest absolute Gasteiger partial charge is 0.497 e. The summed E-state index contributed by atoms with van der Waals surface area (Å²) in [5.74, 6) is 1.81. The zero-order valence-electron chi connectivity index (χ0n) is 15.1. The van der Waals surface area contributed by atoms with Gasteiger partial charge in [0.1, 0.15) is 23.6 Å². The van der Waals surface area contributed by atoms with Crippen molar-refractivity contribution >= 4 is 16.8 Å². The predicted molar refractivity (Wildman–Crippen MR) is 98.2 cm³/mol. The van der Waals surface area contributed by atoms with E-state index in [1.807, 2.05) is 40.8 Å². The van der Waals surface area contributed by atoms with Gasteiger partial charge >= 0.3 is 0 Å². The Kier molecular flexibility index (Phi) is 4.36. The molecule has 7 nitrogen and oxygen atoms in total. The van der Waals surface area contributed by atoms with Gasteiger partial charge in [0, 0.05) is 43.0 Å². The van der Waals surface area contributed by atoms with Crippen LogP contribution in [0.1, 0.15) is 35.6 Å². The first-order valence-corrected chi connectivity index (χ1v) is 8.96. The van der Waals surface area contributed by atoms with E-state index in [0.717, 1.165) is 54.7 Å². The van der Waals surface area contributed by atoms with Crippen molar-refractivity contribution in [1.82, 2.24) is 24.6 Å². The van der Waals surface area contributed by atoms with Crippen LogP contribution in [-0.2, 0) is 13.5 Å². The van der Waals surface area contributed by atoms with Crippen LogP contribution in [0.5, 0.6) is 5.75 Å². The molecule has 1 aliphatic rings. The molecule has 3 heterocycles. The number of fused-ring (bicyclic) bond motifs is 1. The van der Waals surface area contributed by atoms with Crippen LogP contribution in [0.2, 0.25) is 0 Å². The Balaban J connectivity index is 1.50. The minimum Gasteiger partial charge on any atom is -0.497 e. The van der Waals surface area contributed by atoms with Gasteiger partial charge in [-0.05, 0) is 37.5 Å². The summed E-state index contributed by atoms with van der Waals surface area (Å²) in [7, 11) is 3.59. The summed E-state index contributed by atoms with van der Waals surface area (Å²) in [6.07, 6.45) is 5.54. The Bertz CT molecular complexity index is 929. The van der Waals surface area contributed by atoms with Crippen molar-refractivity contribution in [2.75, 3.05) is 13.7 Å². The number of rotatable bonds is 5. The summed E-state index contributed by atoms with van der Waals surface area (Å²) in [4.78, 5) is 18.3. The maximum absolute atomic E-state index is 13.0. The second kappa shape index (κ2) is 6.82. The zero-order valence-corrected chi connectivity index (χ0v) is 15.1. The maximum Gasteiger partial charge on any atom is 0.270 e. The van der Waals surface area contributed by atoms with Gasteiger partial charge in [0.15, 0.2) is 0 Å². The van der Waals surface area contributed by atoms with Gasteiger partial charge in [-0.2, -0.15) is 0 Å². The van der Waals surface area contributed by atoms with E-state index in [1.54, 1.807) is 13.4 Å². The van der Waals surface area contributed by atoms with Crippen LogP contribution in [0.15, 0.2) is 30.6 Å². The summed E-state index contributed by atoms with van der Waals surface area (Å²) >= 11 is 0. The molecule has 1 saturated heterocycles. The molecule has 1 unspecified atom stereocenters. The van der Waals surface area contributed by atoms with Gasteiger partial charge < -0.3 is 19.2 Å². The van der Waals surface area contributed by atoms with Crippen LogP contribution >= 0.6 is 0 Å². The minimum atomic E-state index is 0.0700. The maximum atomic E-state index is 13.0. The number of aryl methyl sites for hydroxylation is 2. The smallest absolute Gasteiger partial charge is 0.270 e. The lowest BCUT2D eigenvalue weighted by atomic mass is 10.1. The van der Waals surface area contributed by atoms with E-state index < -0.39 is 0 Å². The van der Waals surface area contributed by atoms with Crippen molar-refractivity contribution in [2.24, 2.45) is 7.05 Å². The minimum absolute atomic E-state index is 0.0700. The van der Waals surface area contributed by atoms with E-state index in [9.17, 15) is 4.79 Å². The van der Waals surface area contributed by atoms with E-state index in [0.29, 0.717) is 5.69 Å². The predicted octanol–water partition coefficient (Wildman–Crippen LogP) is 2.54. The highest BCUT2D eigenvalue weighted by Gasteiger charge is 2.30. The number of carbonyl (C=O) groups excluding carboxylic acids is 1. The van der Waals surface area contributed by atoms with E-state index >= 15 is 0 Å². The fourth-order valence-corrected chi connectivity index (χ4v) is 3.74. The lowest BCUT2D eigenvalue weighted by Crippen LogP contribution is -2.36. The van der Waals surface area contributed by atoms with Crippen molar-refractivity contribution in [1.29, 1.82) is 0 Å². The van der Waals surface area contributed by atoms with Gasteiger partial charge in [0.2, 0.25) is 0 Å². The first kappa shape index (κ1) is 16.6. The quantitative estimate of drug-likeness (QED) is 0.765. The molecular formula is C19H23N5O2. The Morgan fingerprint density at radius 1 is 1.38 bits per heavy atom. The average Bonchev–Trinajstić information content (AvgIpc) is 3.37. The lowest BCUT2D eigenvalue weighted by Gasteiger charge is -2.24. The summed E-state index contributed by atoms with van der Waals surface area (Å²) < 4.78 is 7.19. The highest BCUT2D eigenvalue weighted by Crippen LogP contribution is 2.26. The monoisotopic (exact) mass is 353 g/mol. The number of H-pyrrole nitrogens is 1. The fraction of sp³-hybridized carbons (Fsp3) is 0.421. The first-order valence-electron chi connectivity index (χ1n) is 8.96. The molecule has 26 heavy (non-hydrogen) atoms. The van der Waals surface area contributed by atoms with Crippen molar-refractivity contribution in [3.05, 3.63) is 42.1 Å². The highest BCUT2D eigenvalue weighted by atomic mass is 16.5. The molecular weight excluding hydrogens is 330 g/mol. The molecule has 0 saturated carbocycles. The standard InChI is InChI=1S/C19H23N5O2/c1-23-12-20-22-18(23)8-6-14-4-3-9-24(14)19(25)17-10-13-5-7-15(26-2)11-16(13)21-17/h5,7,10-12,14,21H,3-4,6,8-9H2,1-2H3. The average molecular weight is 353 g/mol. The van der Waals surface area contributed by atoms with Crippen LogP contribution < -0.4 is 4.74 Å². The second-order valence-corrected chi connectivity index (χ2v) is 6.83. The number of nitrogens with zero attached hydrogens (tertiary/aromatic N) is 4. The van der Waals surface area contributed by atoms with E-state index in [1.165, 1.54) is 0 Å². The van der Waals surface area contributed by atoms with Gasteiger partial charge in [0.25, 0.3) is 5.91 Å². The van der Waals surface area contributed by atoms with Crippen molar-refractivity contribution in [3.63, 3.8) is 0 Å². The van der Waals surface area contributed by atoms with Crippen LogP contribution in [0, 0.1) is 0 Å². The van der Waals surface area contributed by atoms with E-state index in [4.69, 9.17) is 4.74 Å². The third-order valence-electron chi connectivity index (χ3n) is 5.20. The van der Waals surface area contributed by atoms with E-state index in [2.05, 4.69) is 15.2 Å². The molecule has 1 aliphatic heterocycles. The molecule has 1 amide bonds. The SMILES string of the molecule is COc1ccc2cc(C(=O)N3CCCC3CCc3nncn3C)[nH]c2c1. The van der Waals surface area contributed by atoms with Crippen LogP contribution in [-0.4, -0.2) is 50.3 Å². The lowest BCUT2D eigenvalue weighted by molar-refractivity contribution is 0.0725. The topological polar surface area (TPSA) is 76.0 Å². The number of ether oxygens (including phenoxy) is 1. The summed E-state index contributed by atoms with van der Waals surface area (Å²) in [6, 6.07) is 7.97. The third-order valence-corrected chi connectivity index (χ3v) is 5.20. The molecule has 1 atom stereocenters. The van der Waals surface area contributed by atoms with Crippen molar-refractivity contribution in [2.45, 2.75) is 31.7 Å². The number of benzene rings is 1. The molecule has 0 aliphatic carbocycles. The molecule has 2 aromatic heterocycles. The van der Waals surface area contributed by atoms with Crippen LogP contribution in [0.4, 0.5) is 0 Å². The Morgan fingerprint density at radius 3 is 3.04 bits per heavy atom. The molecule has 0 bridgehead atoms. The van der Waals surface area contributed by atoms with Gasteiger partial charge in [0.05, 0.1) is 7.11 Å². The normalized spacial score (nSPS) is 17.2. The highest BCUT2D eigenvalue weighted by molar-refractivity contribution is 5.98. The van der Waals surface area contributed by atoms with Crippen LogP contribution in [0.3, 0.4) is 0 Å². The number of aromatic nitrogens is 4. The van der Waals surface area contributed by atoms with Gasteiger partial charge in [-0.1, -0.05) is 0 Å². The van der Waals surface area contributed by atoms with Gasteiger partial charge in [-0.25, -0.2) is 0 Å². The number of methoxy groups -OCH3 is 1. The summed E-state index contributed by atoms with van der Waals surface area (Å²) in [5.41, 5.74) is 1.56. The molecule has 1 fully saturated rings. The number of carbonyl (C=O) groups is 1. The molecule has 3 aromatic rings. The Morgan fingerprint density at radius 2 is 2.27 bits per heavy atom. The van der Waals surface area contributed by atoms with Crippen LogP contribution in [0.25, 0.3) is 10.9 Å². The van der Waals surface area contributed by atoms with Gasteiger partial charge in [-0.3, -0.25) is 4.79 Å².